The molecule has 0 radical (unpaired) electrons. The van der Waals surface area contributed by atoms with Crippen LogP contribution in [0.2, 0.25) is 0 Å². The number of benzene rings is 2. The number of thioether (sulfide) groups is 1. The van der Waals surface area contributed by atoms with Gasteiger partial charge in [0, 0.05) is 17.1 Å². The number of ketones is 1. The highest BCUT2D eigenvalue weighted by molar-refractivity contribution is 9.10. The summed E-state index contributed by atoms with van der Waals surface area (Å²) in [4.78, 5) is 12.8. The lowest BCUT2D eigenvalue weighted by molar-refractivity contribution is 0.0979. The van der Waals surface area contributed by atoms with Crippen molar-refractivity contribution in [2.24, 2.45) is 7.05 Å². The van der Waals surface area contributed by atoms with Crippen molar-refractivity contribution in [2.75, 3.05) is 0 Å². The Balaban J connectivity index is 1.43. The summed E-state index contributed by atoms with van der Waals surface area (Å²) in [6.45, 7) is 0.327. The zero-order valence-corrected chi connectivity index (χ0v) is 17.2. The van der Waals surface area contributed by atoms with Crippen LogP contribution in [0.15, 0.2) is 58.2 Å². The molecule has 3 aromatic rings. The Kier molecular flexibility index (Phi) is 5.31. The van der Waals surface area contributed by atoms with Gasteiger partial charge in [0.2, 0.25) is 0 Å². The van der Waals surface area contributed by atoms with E-state index in [0.29, 0.717) is 6.61 Å². The fraction of sp³-hybridized carbons (Fsp3) is 0.250. The number of rotatable bonds is 5. The van der Waals surface area contributed by atoms with Gasteiger partial charge in [-0.3, -0.25) is 4.79 Å². The average molecular weight is 444 g/mol. The topological polar surface area (TPSA) is 57.0 Å². The van der Waals surface area contributed by atoms with E-state index in [-0.39, 0.29) is 11.0 Å². The molecule has 1 aromatic heterocycles. The van der Waals surface area contributed by atoms with E-state index in [1.165, 1.54) is 11.8 Å². The third-order valence-electron chi connectivity index (χ3n) is 4.61. The summed E-state index contributed by atoms with van der Waals surface area (Å²) in [5.74, 6) is 1.68. The second-order valence-corrected chi connectivity index (χ2v) is 8.45. The highest BCUT2D eigenvalue weighted by atomic mass is 79.9. The van der Waals surface area contributed by atoms with Crippen molar-refractivity contribution >= 4 is 33.5 Å². The van der Waals surface area contributed by atoms with Crippen molar-refractivity contribution < 1.29 is 9.53 Å². The van der Waals surface area contributed by atoms with Gasteiger partial charge in [-0.1, -0.05) is 52.0 Å². The summed E-state index contributed by atoms with van der Waals surface area (Å²) < 4.78 is 8.68. The molecular weight excluding hydrogens is 426 g/mol. The number of hydrogen-bond donors (Lipinski definition) is 0. The summed E-state index contributed by atoms with van der Waals surface area (Å²) in [5, 5.41) is 9.11. The second kappa shape index (κ2) is 7.86. The number of aromatic nitrogens is 3. The third-order valence-corrected chi connectivity index (χ3v) is 6.43. The van der Waals surface area contributed by atoms with Crippen LogP contribution >= 0.6 is 27.7 Å². The first kappa shape index (κ1) is 18.3. The quantitative estimate of drug-likeness (QED) is 0.582. The molecule has 0 saturated heterocycles. The Morgan fingerprint density at radius 3 is 2.78 bits per heavy atom. The monoisotopic (exact) mass is 443 g/mol. The fourth-order valence-corrected chi connectivity index (χ4v) is 4.40. The first-order valence-electron chi connectivity index (χ1n) is 8.67. The Labute approximate surface area is 170 Å². The molecule has 27 heavy (non-hydrogen) atoms. The third kappa shape index (κ3) is 3.94. The van der Waals surface area contributed by atoms with E-state index in [1.54, 1.807) is 0 Å². The molecule has 2 aromatic carbocycles. The van der Waals surface area contributed by atoms with Crippen LogP contribution in [0.5, 0.6) is 5.75 Å². The van der Waals surface area contributed by atoms with Crippen LogP contribution in [0.25, 0.3) is 0 Å². The number of ether oxygens (including phenoxy) is 1. The minimum absolute atomic E-state index is 0.122. The molecule has 0 amide bonds. The SMILES string of the molecule is Cn1c(COc2ccc(Br)cc2)nnc1S[C@H]1CCc2ccccc2C1=O. The maximum absolute atomic E-state index is 12.8. The van der Waals surface area contributed by atoms with Gasteiger partial charge in [-0.05, 0) is 42.7 Å². The minimum atomic E-state index is -0.122. The van der Waals surface area contributed by atoms with Gasteiger partial charge in [0.15, 0.2) is 16.8 Å². The lowest BCUT2D eigenvalue weighted by atomic mass is 9.90. The van der Waals surface area contributed by atoms with Crippen LogP contribution in [-0.4, -0.2) is 25.8 Å². The molecule has 0 bridgehead atoms. The average Bonchev–Trinajstić information content (AvgIpc) is 3.03. The zero-order chi connectivity index (χ0) is 18.8. The predicted octanol–water partition coefficient (Wildman–Crippen LogP) is 4.45. The molecule has 4 rings (SSSR count). The van der Waals surface area contributed by atoms with Crippen LogP contribution in [0, 0.1) is 0 Å². The number of nitrogens with zero attached hydrogens (tertiary/aromatic N) is 3. The molecule has 1 aliphatic rings. The summed E-state index contributed by atoms with van der Waals surface area (Å²) in [7, 11) is 1.91. The Morgan fingerprint density at radius 1 is 1.19 bits per heavy atom. The van der Waals surface area contributed by atoms with Crippen LogP contribution in [0.3, 0.4) is 0 Å². The fourth-order valence-electron chi connectivity index (χ4n) is 3.06. The van der Waals surface area contributed by atoms with Gasteiger partial charge in [-0.15, -0.1) is 10.2 Å². The number of fused-ring (bicyclic) bond motifs is 1. The van der Waals surface area contributed by atoms with Gasteiger partial charge in [0.1, 0.15) is 12.4 Å². The van der Waals surface area contributed by atoms with Crippen molar-refractivity contribution in [1.29, 1.82) is 0 Å². The lowest BCUT2D eigenvalue weighted by Gasteiger charge is -2.22. The van der Waals surface area contributed by atoms with E-state index < -0.39 is 0 Å². The summed E-state index contributed by atoms with van der Waals surface area (Å²) >= 11 is 4.89. The molecule has 0 fully saturated rings. The standard InChI is InChI=1S/C20H18BrN3O2S/c1-24-18(12-26-15-9-7-14(21)8-10-15)22-23-20(24)27-17-11-6-13-4-2-3-5-16(13)19(17)25/h2-5,7-10,17H,6,11-12H2,1H3/t17-/m0/s1. The molecular formula is C20H18BrN3O2S. The van der Waals surface area contributed by atoms with E-state index in [4.69, 9.17) is 4.74 Å². The molecule has 5 nitrogen and oxygen atoms in total. The number of hydrogen-bond acceptors (Lipinski definition) is 5. The molecule has 138 valence electrons. The first-order chi connectivity index (χ1) is 13.1. The van der Waals surface area contributed by atoms with Gasteiger partial charge >= 0.3 is 0 Å². The maximum Gasteiger partial charge on any atom is 0.191 e. The van der Waals surface area contributed by atoms with Crippen LogP contribution in [0.4, 0.5) is 0 Å². The molecule has 0 saturated carbocycles. The van der Waals surface area contributed by atoms with E-state index in [1.807, 2.05) is 60.1 Å². The first-order valence-corrected chi connectivity index (χ1v) is 10.3. The Hall–Kier alpha value is -2.12. The lowest BCUT2D eigenvalue weighted by Crippen LogP contribution is -2.25. The van der Waals surface area contributed by atoms with Crippen LogP contribution in [-0.2, 0) is 20.1 Å². The number of Topliss-reactive ketones (excluding diaryl/α,β-unsaturated/α-hetero) is 1. The molecule has 1 atom stereocenters. The van der Waals surface area contributed by atoms with Crippen molar-refractivity contribution in [3.8, 4) is 5.75 Å². The minimum Gasteiger partial charge on any atom is -0.486 e. The van der Waals surface area contributed by atoms with Crippen LogP contribution < -0.4 is 4.74 Å². The Morgan fingerprint density at radius 2 is 1.96 bits per heavy atom. The second-order valence-electron chi connectivity index (χ2n) is 6.37. The molecule has 1 aliphatic carbocycles. The van der Waals surface area contributed by atoms with E-state index in [9.17, 15) is 4.79 Å². The van der Waals surface area contributed by atoms with Gasteiger partial charge in [0.05, 0.1) is 5.25 Å². The van der Waals surface area contributed by atoms with Crippen molar-refractivity contribution in [1.82, 2.24) is 14.8 Å². The van der Waals surface area contributed by atoms with Crippen molar-refractivity contribution in [3.05, 3.63) is 70.0 Å². The van der Waals surface area contributed by atoms with E-state index in [2.05, 4.69) is 26.1 Å². The maximum atomic E-state index is 12.8. The van der Waals surface area contributed by atoms with Crippen LogP contribution in [0.1, 0.15) is 28.2 Å². The summed E-state index contributed by atoms with van der Waals surface area (Å²) in [6, 6.07) is 15.5. The highest BCUT2D eigenvalue weighted by Gasteiger charge is 2.29. The normalized spacial score (nSPS) is 16.2. The van der Waals surface area contributed by atoms with E-state index >= 15 is 0 Å². The number of aryl methyl sites for hydroxylation is 1. The predicted molar refractivity (Wildman–Crippen MR) is 108 cm³/mol. The van der Waals surface area contributed by atoms with E-state index in [0.717, 1.165) is 45.2 Å². The van der Waals surface area contributed by atoms with Gasteiger partial charge < -0.3 is 9.30 Å². The summed E-state index contributed by atoms with van der Waals surface area (Å²) in [5.41, 5.74) is 1.98. The smallest absolute Gasteiger partial charge is 0.191 e. The molecule has 0 spiro atoms. The van der Waals surface area contributed by atoms with Gasteiger partial charge in [0.25, 0.3) is 0 Å². The van der Waals surface area contributed by atoms with Crippen molar-refractivity contribution in [2.45, 2.75) is 29.9 Å². The number of carbonyl (C=O) groups excluding carboxylic acids is 1. The van der Waals surface area contributed by atoms with Crippen molar-refractivity contribution in [3.63, 3.8) is 0 Å². The molecule has 0 aliphatic heterocycles. The Bertz CT molecular complexity index is 972. The number of carbonyl (C=O) groups is 1. The largest absolute Gasteiger partial charge is 0.486 e. The molecule has 1 heterocycles. The molecule has 7 heteroatoms. The summed E-state index contributed by atoms with van der Waals surface area (Å²) in [6.07, 6.45) is 1.73. The van der Waals surface area contributed by atoms with Gasteiger partial charge in [-0.2, -0.15) is 0 Å². The zero-order valence-electron chi connectivity index (χ0n) is 14.8. The van der Waals surface area contributed by atoms with Gasteiger partial charge in [-0.25, -0.2) is 0 Å². The number of halogens is 1. The molecule has 0 unspecified atom stereocenters. The molecule has 0 N–H and O–H groups in total. The highest BCUT2D eigenvalue weighted by Crippen LogP contribution is 2.32.